The van der Waals surface area contributed by atoms with Gasteiger partial charge < -0.3 is 15.2 Å². The molecule has 1 aromatic carbocycles. The fourth-order valence-electron chi connectivity index (χ4n) is 3.40. The van der Waals surface area contributed by atoms with E-state index in [-0.39, 0.29) is 0 Å². The molecule has 8 heteroatoms. The molecule has 2 N–H and O–H groups in total. The van der Waals surface area contributed by atoms with Crippen LogP contribution in [0.1, 0.15) is 25.5 Å². The van der Waals surface area contributed by atoms with E-state index in [4.69, 9.17) is 20.2 Å². The van der Waals surface area contributed by atoms with Crippen molar-refractivity contribution in [2.45, 2.75) is 26.2 Å². The Morgan fingerprint density at radius 3 is 2.85 bits per heavy atom. The van der Waals surface area contributed by atoms with Crippen LogP contribution in [0.25, 0.3) is 16.9 Å². The number of anilines is 1. The van der Waals surface area contributed by atoms with Crippen LogP contribution in [-0.4, -0.2) is 38.7 Å². The van der Waals surface area contributed by atoms with Crippen LogP contribution in [0.3, 0.4) is 0 Å². The number of carbonyl (C=O) groups is 1. The van der Waals surface area contributed by atoms with Gasteiger partial charge in [0, 0.05) is 37.9 Å². The van der Waals surface area contributed by atoms with E-state index in [9.17, 15) is 4.79 Å². The molecule has 8 nitrogen and oxygen atoms in total. The molecule has 4 rings (SSSR count). The second-order valence-corrected chi connectivity index (χ2v) is 6.67. The van der Waals surface area contributed by atoms with E-state index in [1.54, 1.807) is 35.4 Å². The summed E-state index contributed by atoms with van der Waals surface area (Å²) in [5.74, 6) is 0.927. The number of carbonyl (C=O) groups excluding carboxylic acids is 1. The number of fused-ring (bicyclic) bond motifs is 1. The molecule has 0 atom stereocenters. The zero-order chi connectivity index (χ0) is 18.8. The fraction of sp³-hybridized carbons (Fsp3) is 0.368. The van der Waals surface area contributed by atoms with E-state index in [1.165, 1.54) is 6.92 Å². The highest BCUT2D eigenvalue weighted by atomic mass is 16.5. The Labute approximate surface area is 156 Å². The fourth-order valence-corrected chi connectivity index (χ4v) is 3.40. The Balaban J connectivity index is 1.84. The van der Waals surface area contributed by atoms with Gasteiger partial charge in [0.25, 0.3) is 0 Å². The van der Waals surface area contributed by atoms with Crippen molar-refractivity contribution in [3.8, 4) is 11.7 Å². The molecular weight excluding hydrogens is 346 g/mol. The van der Waals surface area contributed by atoms with E-state index in [0.29, 0.717) is 28.8 Å². The predicted molar refractivity (Wildman–Crippen MR) is 99.6 cm³/mol. The summed E-state index contributed by atoms with van der Waals surface area (Å²) in [6.07, 6.45) is 7.87. The number of esters is 1. The second-order valence-electron chi connectivity index (χ2n) is 6.67. The number of hydrogen-bond donors (Lipinski definition) is 1. The summed E-state index contributed by atoms with van der Waals surface area (Å²) in [4.78, 5) is 24.8. The monoisotopic (exact) mass is 367 g/mol. The minimum absolute atomic E-state index is 0.335. The van der Waals surface area contributed by atoms with E-state index < -0.39 is 5.97 Å². The molecule has 3 heterocycles. The topological polar surface area (TPSA) is 105 Å². The lowest BCUT2D eigenvalue weighted by atomic mass is 9.93. The van der Waals surface area contributed by atoms with E-state index >= 15 is 0 Å². The van der Waals surface area contributed by atoms with Gasteiger partial charge in [0.05, 0.1) is 16.9 Å². The number of imidazole rings is 1. The van der Waals surface area contributed by atoms with E-state index in [0.717, 1.165) is 43.6 Å². The van der Waals surface area contributed by atoms with Crippen molar-refractivity contribution in [3.05, 3.63) is 36.5 Å². The summed E-state index contributed by atoms with van der Waals surface area (Å²) in [5, 5.41) is 0.740. The van der Waals surface area contributed by atoms with Gasteiger partial charge in [-0.25, -0.2) is 15.0 Å². The number of nitrogens with two attached hydrogens (primary N) is 1. The van der Waals surface area contributed by atoms with Crippen LogP contribution in [0, 0.1) is 5.92 Å². The summed E-state index contributed by atoms with van der Waals surface area (Å²) in [6, 6.07) is 3.47. The van der Waals surface area contributed by atoms with Crippen molar-refractivity contribution < 1.29 is 14.3 Å². The van der Waals surface area contributed by atoms with Crippen molar-refractivity contribution in [2.24, 2.45) is 5.92 Å². The number of aromatic nitrogens is 4. The summed E-state index contributed by atoms with van der Waals surface area (Å²) in [6.45, 7) is 2.87. The Hall–Kier alpha value is -3.00. The van der Waals surface area contributed by atoms with Gasteiger partial charge in [-0.1, -0.05) is 0 Å². The van der Waals surface area contributed by atoms with Gasteiger partial charge in [0.15, 0.2) is 5.75 Å². The van der Waals surface area contributed by atoms with Gasteiger partial charge in [-0.2, -0.15) is 0 Å². The Morgan fingerprint density at radius 2 is 2.15 bits per heavy atom. The summed E-state index contributed by atoms with van der Waals surface area (Å²) >= 11 is 0. The first-order chi connectivity index (χ1) is 13.1. The smallest absolute Gasteiger partial charge is 0.308 e. The number of nitrogens with zero attached hydrogens (tertiary/aromatic N) is 4. The average Bonchev–Trinajstić information content (AvgIpc) is 3.19. The van der Waals surface area contributed by atoms with Crippen molar-refractivity contribution in [1.29, 1.82) is 0 Å². The molecule has 0 aliphatic carbocycles. The number of nitrogen functional groups attached to an aromatic ring is 1. The van der Waals surface area contributed by atoms with Gasteiger partial charge >= 0.3 is 5.97 Å². The minimum atomic E-state index is -0.414. The standard InChI is InChI=1S/C19H21N5O3/c1-12(25)27-16-3-2-14-17(18(16)20)15(10-13-4-8-26-9-5-13)23-19(22-14)24-7-6-21-11-24/h2-3,6-7,11,13H,4-5,8-10,20H2,1H3. The third-order valence-electron chi connectivity index (χ3n) is 4.74. The number of benzene rings is 1. The first kappa shape index (κ1) is 17.4. The molecule has 0 radical (unpaired) electrons. The first-order valence-corrected chi connectivity index (χ1v) is 8.95. The average molecular weight is 367 g/mol. The van der Waals surface area contributed by atoms with Crippen LogP contribution in [-0.2, 0) is 16.0 Å². The lowest BCUT2D eigenvalue weighted by Gasteiger charge is -2.22. The maximum Gasteiger partial charge on any atom is 0.308 e. The van der Waals surface area contributed by atoms with Crippen LogP contribution >= 0.6 is 0 Å². The van der Waals surface area contributed by atoms with Gasteiger partial charge in [0.2, 0.25) is 5.95 Å². The highest BCUT2D eigenvalue weighted by Crippen LogP contribution is 2.34. The Bertz CT molecular complexity index is 965. The first-order valence-electron chi connectivity index (χ1n) is 8.95. The normalized spacial score (nSPS) is 15.1. The van der Waals surface area contributed by atoms with Crippen LogP contribution in [0.15, 0.2) is 30.9 Å². The van der Waals surface area contributed by atoms with Crippen molar-refractivity contribution in [2.75, 3.05) is 18.9 Å². The molecule has 1 aliphatic rings. The van der Waals surface area contributed by atoms with Gasteiger partial charge in [-0.3, -0.25) is 9.36 Å². The van der Waals surface area contributed by atoms with Crippen LogP contribution < -0.4 is 10.5 Å². The molecule has 0 saturated carbocycles. The van der Waals surface area contributed by atoms with Crippen LogP contribution in [0.4, 0.5) is 5.69 Å². The maximum atomic E-state index is 11.4. The predicted octanol–water partition coefficient (Wildman–Crippen LogP) is 2.29. The molecule has 1 fully saturated rings. The zero-order valence-corrected chi connectivity index (χ0v) is 15.1. The number of ether oxygens (including phenoxy) is 2. The highest BCUT2D eigenvalue weighted by molar-refractivity contribution is 5.96. The lowest BCUT2D eigenvalue weighted by Crippen LogP contribution is -2.19. The van der Waals surface area contributed by atoms with Crippen LogP contribution in [0.5, 0.6) is 5.75 Å². The Kier molecular flexibility index (Phi) is 4.72. The van der Waals surface area contributed by atoms with E-state index in [1.807, 2.05) is 0 Å². The SMILES string of the molecule is CC(=O)Oc1ccc2nc(-n3ccnc3)nc(CC3CCOCC3)c2c1N. The molecule has 0 spiro atoms. The summed E-state index contributed by atoms with van der Waals surface area (Å²) in [5.41, 5.74) is 8.29. The maximum absolute atomic E-state index is 11.4. The quantitative estimate of drug-likeness (QED) is 0.428. The van der Waals surface area contributed by atoms with Gasteiger partial charge in [-0.15, -0.1) is 0 Å². The number of hydrogen-bond acceptors (Lipinski definition) is 7. The van der Waals surface area contributed by atoms with Gasteiger partial charge in [-0.05, 0) is 37.3 Å². The van der Waals surface area contributed by atoms with Crippen molar-refractivity contribution >= 4 is 22.6 Å². The van der Waals surface area contributed by atoms with E-state index in [2.05, 4.69) is 9.97 Å². The molecule has 0 amide bonds. The molecule has 1 saturated heterocycles. The largest absolute Gasteiger partial charge is 0.424 e. The lowest BCUT2D eigenvalue weighted by molar-refractivity contribution is -0.131. The number of rotatable bonds is 4. The van der Waals surface area contributed by atoms with Gasteiger partial charge in [0.1, 0.15) is 6.33 Å². The van der Waals surface area contributed by atoms with Crippen LogP contribution in [0.2, 0.25) is 0 Å². The molecule has 0 unspecified atom stereocenters. The highest BCUT2D eigenvalue weighted by Gasteiger charge is 2.21. The van der Waals surface area contributed by atoms with Crippen molar-refractivity contribution in [1.82, 2.24) is 19.5 Å². The summed E-state index contributed by atoms with van der Waals surface area (Å²) < 4.78 is 12.5. The Morgan fingerprint density at radius 1 is 1.33 bits per heavy atom. The molecular formula is C19H21N5O3. The molecule has 140 valence electrons. The molecule has 27 heavy (non-hydrogen) atoms. The third kappa shape index (κ3) is 3.61. The molecule has 2 aromatic heterocycles. The summed E-state index contributed by atoms with van der Waals surface area (Å²) in [7, 11) is 0. The third-order valence-corrected chi connectivity index (χ3v) is 4.74. The van der Waals surface area contributed by atoms with Crippen molar-refractivity contribution in [3.63, 3.8) is 0 Å². The molecule has 0 bridgehead atoms. The molecule has 1 aliphatic heterocycles. The molecule has 3 aromatic rings. The zero-order valence-electron chi connectivity index (χ0n) is 15.1. The minimum Gasteiger partial charge on any atom is -0.424 e. The second kappa shape index (κ2) is 7.32.